The van der Waals surface area contributed by atoms with Gasteiger partial charge in [0.2, 0.25) is 0 Å². The van der Waals surface area contributed by atoms with E-state index in [1.165, 1.54) is 4.31 Å². The highest BCUT2D eigenvalue weighted by Gasteiger charge is 2.30. The van der Waals surface area contributed by atoms with Gasteiger partial charge in [-0.1, -0.05) is 0 Å². The number of carboxylic acids is 1. The van der Waals surface area contributed by atoms with E-state index in [1.807, 2.05) is 6.07 Å². The number of nitrogens with one attached hydrogen (secondary N) is 1. The van der Waals surface area contributed by atoms with E-state index in [9.17, 15) is 13.2 Å². The standard InChI is InChI=1S/C9H15N3O4S/c10-4-1-5-11-17(15,16)12-6-2-8(3-7-12)9(13)14/h8,11H,1-3,5-7H2,(H,13,14). The second-order valence-corrected chi connectivity index (χ2v) is 5.57. The summed E-state index contributed by atoms with van der Waals surface area (Å²) in [5.41, 5.74) is 0. The number of piperidine rings is 1. The fourth-order valence-electron chi connectivity index (χ4n) is 1.67. The Morgan fingerprint density at radius 2 is 2.06 bits per heavy atom. The summed E-state index contributed by atoms with van der Waals surface area (Å²) in [6.45, 7) is 0.495. The second kappa shape index (κ2) is 5.95. The summed E-state index contributed by atoms with van der Waals surface area (Å²) in [6.07, 6.45) is 0.772. The topological polar surface area (TPSA) is 111 Å². The van der Waals surface area contributed by atoms with E-state index in [4.69, 9.17) is 10.4 Å². The van der Waals surface area contributed by atoms with E-state index in [0.717, 1.165) is 0 Å². The van der Waals surface area contributed by atoms with Crippen LogP contribution in [0.5, 0.6) is 0 Å². The first-order valence-corrected chi connectivity index (χ1v) is 6.76. The molecule has 7 nitrogen and oxygen atoms in total. The van der Waals surface area contributed by atoms with Gasteiger partial charge in [-0.15, -0.1) is 0 Å². The average Bonchev–Trinajstić information content (AvgIpc) is 2.29. The van der Waals surface area contributed by atoms with E-state index < -0.39 is 22.1 Å². The van der Waals surface area contributed by atoms with E-state index in [-0.39, 0.29) is 26.1 Å². The van der Waals surface area contributed by atoms with Crippen molar-refractivity contribution >= 4 is 16.2 Å². The van der Waals surface area contributed by atoms with Gasteiger partial charge in [-0.25, -0.2) is 4.72 Å². The zero-order valence-corrected chi connectivity index (χ0v) is 10.1. The molecule has 2 N–H and O–H groups in total. The molecule has 0 bridgehead atoms. The van der Waals surface area contributed by atoms with Crippen LogP contribution in [0.25, 0.3) is 0 Å². The molecule has 1 heterocycles. The summed E-state index contributed by atoms with van der Waals surface area (Å²) < 4.78 is 26.9. The Hall–Kier alpha value is -1.17. The number of rotatable bonds is 5. The van der Waals surface area contributed by atoms with Crippen molar-refractivity contribution in [1.82, 2.24) is 9.03 Å². The van der Waals surface area contributed by atoms with Crippen LogP contribution in [0.15, 0.2) is 0 Å². The monoisotopic (exact) mass is 261 g/mol. The van der Waals surface area contributed by atoms with Crippen LogP contribution in [-0.4, -0.2) is 43.4 Å². The van der Waals surface area contributed by atoms with Crippen LogP contribution < -0.4 is 4.72 Å². The van der Waals surface area contributed by atoms with Crippen LogP contribution >= 0.6 is 0 Å². The van der Waals surface area contributed by atoms with Gasteiger partial charge in [-0.05, 0) is 12.8 Å². The van der Waals surface area contributed by atoms with E-state index in [2.05, 4.69) is 4.72 Å². The van der Waals surface area contributed by atoms with Crippen molar-refractivity contribution in [3.63, 3.8) is 0 Å². The van der Waals surface area contributed by atoms with Gasteiger partial charge in [0.1, 0.15) is 0 Å². The fourth-order valence-corrected chi connectivity index (χ4v) is 2.90. The highest BCUT2D eigenvalue weighted by atomic mass is 32.2. The lowest BCUT2D eigenvalue weighted by Crippen LogP contribution is -2.46. The van der Waals surface area contributed by atoms with Gasteiger partial charge in [0.05, 0.1) is 12.0 Å². The average molecular weight is 261 g/mol. The van der Waals surface area contributed by atoms with Crippen molar-refractivity contribution in [2.75, 3.05) is 19.6 Å². The molecular weight excluding hydrogens is 246 g/mol. The molecule has 0 saturated carbocycles. The first kappa shape index (κ1) is 13.9. The van der Waals surface area contributed by atoms with Gasteiger partial charge in [0.25, 0.3) is 10.2 Å². The maximum absolute atomic E-state index is 11.7. The van der Waals surface area contributed by atoms with Crippen molar-refractivity contribution in [2.24, 2.45) is 5.92 Å². The van der Waals surface area contributed by atoms with Crippen LogP contribution in [0.1, 0.15) is 19.3 Å². The van der Waals surface area contributed by atoms with Crippen molar-refractivity contribution in [1.29, 1.82) is 5.26 Å². The SMILES string of the molecule is N#CCCNS(=O)(=O)N1CCC(C(=O)O)CC1. The van der Waals surface area contributed by atoms with E-state index >= 15 is 0 Å². The van der Waals surface area contributed by atoms with Crippen LogP contribution in [0.3, 0.4) is 0 Å². The summed E-state index contributed by atoms with van der Waals surface area (Å²) in [5.74, 6) is -1.33. The molecule has 1 saturated heterocycles. The molecule has 0 amide bonds. The van der Waals surface area contributed by atoms with Crippen LogP contribution in [-0.2, 0) is 15.0 Å². The Morgan fingerprint density at radius 3 is 2.53 bits per heavy atom. The molecule has 0 spiro atoms. The molecule has 96 valence electrons. The normalized spacial score (nSPS) is 18.8. The first-order chi connectivity index (χ1) is 7.97. The number of hydrogen-bond acceptors (Lipinski definition) is 4. The minimum Gasteiger partial charge on any atom is -0.481 e. The molecule has 17 heavy (non-hydrogen) atoms. The molecule has 0 radical (unpaired) electrons. The predicted molar refractivity (Wildman–Crippen MR) is 59.1 cm³/mol. The van der Waals surface area contributed by atoms with Crippen LogP contribution in [0.2, 0.25) is 0 Å². The Labute approximate surface area is 100 Å². The molecule has 0 aliphatic carbocycles. The highest BCUT2D eigenvalue weighted by Crippen LogP contribution is 2.18. The fraction of sp³-hybridized carbons (Fsp3) is 0.778. The first-order valence-electron chi connectivity index (χ1n) is 5.32. The molecule has 0 unspecified atom stereocenters. The highest BCUT2D eigenvalue weighted by molar-refractivity contribution is 7.87. The zero-order valence-electron chi connectivity index (χ0n) is 9.29. The molecule has 0 aromatic carbocycles. The minimum absolute atomic E-state index is 0.0810. The molecule has 0 aromatic rings. The largest absolute Gasteiger partial charge is 0.481 e. The molecule has 1 aliphatic rings. The van der Waals surface area contributed by atoms with E-state index in [1.54, 1.807) is 0 Å². The van der Waals surface area contributed by atoms with Gasteiger partial charge in [-0.3, -0.25) is 4.79 Å². The lowest BCUT2D eigenvalue weighted by atomic mass is 9.99. The number of nitrogens with zero attached hydrogens (tertiary/aromatic N) is 2. The number of nitriles is 1. The summed E-state index contributed by atoms with van der Waals surface area (Å²) in [7, 11) is -3.57. The van der Waals surface area contributed by atoms with E-state index in [0.29, 0.717) is 12.8 Å². The maximum atomic E-state index is 11.7. The summed E-state index contributed by atoms with van der Waals surface area (Å²) in [4.78, 5) is 10.7. The Bertz CT molecular complexity index is 406. The van der Waals surface area contributed by atoms with Crippen molar-refractivity contribution < 1.29 is 18.3 Å². The zero-order chi connectivity index (χ0) is 12.9. The second-order valence-electron chi connectivity index (χ2n) is 3.82. The Kier molecular flexibility index (Phi) is 4.86. The predicted octanol–water partition coefficient (Wildman–Crippen LogP) is -0.469. The third-order valence-corrected chi connectivity index (χ3v) is 4.28. The van der Waals surface area contributed by atoms with Gasteiger partial charge in [-0.2, -0.15) is 18.0 Å². The third kappa shape index (κ3) is 3.96. The number of hydrogen-bond donors (Lipinski definition) is 2. The lowest BCUT2D eigenvalue weighted by molar-refractivity contribution is -0.142. The third-order valence-electron chi connectivity index (χ3n) is 2.66. The van der Waals surface area contributed by atoms with Gasteiger partial charge < -0.3 is 5.11 Å². The summed E-state index contributed by atoms with van der Waals surface area (Å²) >= 11 is 0. The number of aliphatic carboxylic acids is 1. The minimum atomic E-state index is -3.57. The number of carbonyl (C=O) groups is 1. The van der Waals surface area contributed by atoms with Gasteiger partial charge in [0.15, 0.2) is 0 Å². The summed E-state index contributed by atoms with van der Waals surface area (Å²) in [5, 5.41) is 17.1. The van der Waals surface area contributed by atoms with Crippen LogP contribution in [0, 0.1) is 17.2 Å². The smallest absolute Gasteiger partial charge is 0.306 e. The van der Waals surface area contributed by atoms with Crippen molar-refractivity contribution in [3.8, 4) is 6.07 Å². The van der Waals surface area contributed by atoms with Gasteiger partial charge >= 0.3 is 5.97 Å². The van der Waals surface area contributed by atoms with Crippen LogP contribution in [0.4, 0.5) is 0 Å². The lowest BCUT2D eigenvalue weighted by Gasteiger charge is -2.29. The van der Waals surface area contributed by atoms with Crippen molar-refractivity contribution in [2.45, 2.75) is 19.3 Å². The molecule has 1 fully saturated rings. The maximum Gasteiger partial charge on any atom is 0.306 e. The number of carboxylic acid groups (broad SMARTS) is 1. The quantitative estimate of drug-likeness (QED) is 0.650. The summed E-state index contributed by atoms with van der Waals surface area (Å²) in [6, 6.07) is 1.84. The Morgan fingerprint density at radius 1 is 1.47 bits per heavy atom. The van der Waals surface area contributed by atoms with Gasteiger partial charge in [0, 0.05) is 26.1 Å². The molecule has 1 aliphatic heterocycles. The molecule has 0 atom stereocenters. The molecule has 0 aromatic heterocycles. The Balaban J connectivity index is 2.47. The molecular formula is C9H15N3O4S. The molecule has 8 heteroatoms. The van der Waals surface area contributed by atoms with Crippen molar-refractivity contribution in [3.05, 3.63) is 0 Å². The molecule has 1 rings (SSSR count).